The zero-order valence-corrected chi connectivity index (χ0v) is 21.1. The molecule has 0 spiro atoms. The van der Waals surface area contributed by atoms with E-state index in [9.17, 15) is 15.3 Å². The Morgan fingerprint density at radius 2 is 1.59 bits per heavy atom. The molecule has 32 heavy (non-hydrogen) atoms. The number of aliphatic hydroxyl groups is 3. The van der Waals surface area contributed by atoms with E-state index in [2.05, 4.69) is 32.6 Å². The lowest BCUT2D eigenvalue weighted by Gasteiger charge is -2.62. The number of unbranched alkanes of at least 4 members (excludes halogenated alkanes) is 4. The first-order valence-corrected chi connectivity index (χ1v) is 13.7. The Balaban J connectivity index is 1.49. The molecule has 4 rings (SSSR count). The van der Waals surface area contributed by atoms with Gasteiger partial charge < -0.3 is 15.3 Å². The minimum Gasteiger partial charge on any atom is -0.393 e. The van der Waals surface area contributed by atoms with Gasteiger partial charge in [-0.05, 0) is 99.2 Å². The second-order valence-corrected chi connectivity index (χ2v) is 12.7. The number of hydrogen-bond donors (Lipinski definition) is 3. The Morgan fingerprint density at radius 1 is 0.875 bits per heavy atom. The Labute approximate surface area is 196 Å². The van der Waals surface area contributed by atoms with Crippen LogP contribution in [0.5, 0.6) is 0 Å². The predicted octanol–water partition coefficient (Wildman–Crippen LogP) is 5.70. The zero-order valence-electron chi connectivity index (χ0n) is 21.1. The summed E-state index contributed by atoms with van der Waals surface area (Å²) in [6, 6.07) is 0. The highest BCUT2D eigenvalue weighted by Gasteiger charge is 2.63. The summed E-state index contributed by atoms with van der Waals surface area (Å²) < 4.78 is 0. The number of rotatable bonds is 5. The third kappa shape index (κ3) is 4.18. The maximum atomic E-state index is 11.5. The maximum absolute atomic E-state index is 11.5. The average molecular weight is 445 g/mol. The molecule has 0 aromatic heterocycles. The molecule has 0 heterocycles. The molecule has 3 nitrogen and oxygen atoms in total. The van der Waals surface area contributed by atoms with Crippen LogP contribution in [-0.2, 0) is 0 Å². The van der Waals surface area contributed by atoms with E-state index < -0.39 is 5.60 Å². The van der Waals surface area contributed by atoms with Crippen LogP contribution in [0.2, 0.25) is 0 Å². The first-order valence-electron chi connectivity index (χ1n) is 13.7. The molecule has 0 aliphatic heterocycles. The van der Waals surface area contributed by atoms with Crippen LogP contribution in [0.1, 0.15) is 111 Å². The van der Waals surface area contributed by atoms with Crippen LogP contribution in [0.3, 0.4) is 0 Å². The fourth-order valence-corrected chi connectivity index (χ4v) is 9.17. The van der Waals surface area contributed by atoms with Crippen LogP contribution >= 0.6 is 0 Å². The van der Waals surface area contributed by atoms with E-state index >= 15 is 0 Å². The lowest BCUT2D eigenvalue weighted by molar-refractivity contribution is -0.175. The third-order valence-corrected chi connectivity index (χ3v) is 10.8. The van der Waals surface area contributed by atoms with Gasteiger partial charge in [0.25, 0.3) is 0 Å². The van der Waals surface area contributed by atoms with Gasteiger partial charge in [-0.1, -0.05) is 46.0 Å². The molecule has 182 valence electrons. The van der Waals surface area contributed by atoms with Gasteiger partial charge >= 0.3 is 0 Å². The monoisotopic (exact) mass is 444 g/mol. The molecular formula is C29H48O3. The summed E-state index contributed by atoms with van der Waals surface area (Å²) in [5.41, 5.74) is -0.657. The highest BCUT2D eigenvalue weighted by atomic mass is 16.3. The molecule has 0 amide bonds. The molecule has 0 aromatic rings. The fourth-order valence-electron chi connectivity index (χ4n) is 9.17. The molecule has 3 N–H and O–H groups in total. The van der Waals surface area contributed by atoms with Crippen LogP contribution < -0.4 is 0 Å². The lowest BCUT2D eigenvalue weighted by Crippen LogP contribution is -2.59. The highest BCUT2D eigenvalue weighted by Crippen LogP contribution is 2.68. The summed E-state index contributed by atoms with van der Waals surface area (Å²) in [4.78, 5) is 0. The summed E-state index contributed by atoms with van der Waals surface area (Å²) >= 11 is 0. The quantitative estimate of drug-likeness (QED) is 0.376. The van der Waals surface area contributed by atoms with E-state index in [1.165, 1.54) is 32.1 Å². The minimum atomic E-state index is -0.921. The average Bonchev–Trinajstić information content (AvgIpc) is 3.10. The van der Waals surface area contributed by atoms with Gasteiger partial charge in [0.1, 0.15) is 5.60 Å². The first kappa shape index (κ1) is 24.6. The van der Waals surface area contributed by atoms with E-state index in [4.69, 9.17) is 0 Å². The largest absolute Gasteiger partial charge is 0.393 e. The zero-order chi connectivity index (χ0) is 23.1. The second kappa shape index (κ2) is 9.24. The number of fused-ring (bicyclic) bond motifs is 5. The van der Waals surface area contributed by atoms with Crippen molar-refractivity contribution in [1.82, 2.24) is 0 Å². The van der Waals surface area contributed by atoms with E-state index in [1.54, 1.807) is 0 Å². The standard InChI is InChI=1S/C29H48O3/c1-5-6-7-8-9-10-15-29(4,32)26-12-11-22-21-19-25(31)24-18-20(30)13-16-27(24,2)23(21)14-17-28(22,26)3/h20-26,30-32H,5-9,11-14,16-19H2,1-4H3/t20-,21-,22-,23-,24+,25-,26-,27+,28-,29-/m0/s1. The van der Waals surface area contributed by atoms with Crippen LogP contribution in [-0.4, -0.2) is 33.1 Å². The van der Waals surface area contributed by atoms with Gasteiger partial charge in [-0.2, -0.15) is 0 Å². The van der Waals surface area contributed by atoms with Gasteiger partial charge in [-0.15, -0.1) is 5.92 Å². The molecule has 0 radical (unpaired) electrons. The van der Waals surface area contributed by atoms with E-state index in [1.807, 2.05) is 6.92 Å². The van der Waals surface area contributed by atoms with Gasteiger partial charge in [0.05, 0.1) is 12.2 Å². The van der Waals surface area contributed by atoms with E-state index in [-0.39, 0.29) is 34.9 Å². The minimum absolute atomic E-state index is 0.110. The molecule has 0 aromatic carbocycles. The Hall–Kier alpha value is -0.560. The van der Waals surface area contributed by atoms with Gasteiger partial charge in [0.15, 0.2) is 0 Å². The van der Waals surface area contributed by atoms with Crippen LogP contribution in [0, 0.1) is 52.3 Å². The Kier molecular flexibility index (Phi) is 7.09. The van der Waals surface area contributed by atoms with Gasteiger partial charge in [0.2, 0.25) is 0 Å². The van der Waals surface area contributed by atoms with Crippen LogP contribution in [0.15, 0.2) is 0 Å². The highest BCUT2D eigenvalue weighted by molar-refractivity contribution is 5.20. The van der Waals surface area contributed by atoms with Crippen molar-refractivity contribution in [3.63, 3.8) is 0 Å². The molecule has 4 aliphatic rings. The van der Waals surface area contributed by atoms with Gasteiger partial charge in [-0.25, -0.2) is 0 Å². The van der Waals surface area contributed by atoms with Gasteiger partial charge in [0, 0.05) is 12.3 Å². The Bertz CT molecular complexity index is 720. The van der Waals surface area contributed by atoms with Crippen LogP contribution in [0.25, 0.3) is 0 Å². The maximum Gasteiger partial charge on any atom is 0.126 e. The van der Waals surface area contributed by atoms with Crippen molar-refractivity contribution in [1.29, 1.82) is 0 Å². The van der Waals surface area contributed by atoms with Gasteiger partial charge in [-0.3, -0.25) is 0 Å². The van der Waals surface area contributed by atoms with Crippen molar-refractivity contribution in [3.8, 4) is 11.8 Å². The van der Waals surface area contributed by atoms with Crippen LogP contribution in [0.4, 0.5) is 0 Å². The van der Waals surface area contributed by atoms with Crippen molar-refractivity contribution < 1.29 is 15.3 Å². The normalized spacial score (nSPS) is 47.4. The molecule has 10 atom stereocenters. The van der Waals surface area contributed by atoms with E-state index in [0.29, 0.717) is 17.8 Å². The summed E-state index contributed by atoms with van der Waals surface area (Å²) in [6.45, 7) is 9.03. The predicted molar refractivity (Wildman–Crippen MR) is 130 cm³/mol. The summed E-state index contributed by atoms with van der Waals surface area (Å²) in [7, 11) is 0. The van der Waals surface area contributed by atoms with Crippen molar-refractivity contribution >= 4 is 0 Å². The number of aliphatic hydroxyl groups excluding tert-OH is 2. The molecule has 0 bridgehead atoms. The lowest BCUT2D eigenvalue weighted by atomic mass is 9.43. The summed E-state index contributed by atoms with van der Waals surface area (Å²) in [6.07, 6.45) is 13.4. The van der Waals surface area contributed by atoms with Crippen molar-refractivity contribution in [2.75, 3.05) is 0 Å². The smallest absolute Gasteiger partial charge is 0.126 e. The molecular weight excluding hydrogens is 396 g/mol. The molecule has 4 aliphatic carbocycles. The summed E-state index contributed by atoms with van der Waals surface area (Å²) in [5, 5.41) is 32.9. The fraction of sp³-hybridized carbons (Fsp3) is 0.931. The topological polar surface area (TPSA) is 60.7 Å². The molecule has 4 fully saturated rings. The second-order valence-electron chi connectivity index (χ2n) is 12.7. The molecule has 4 saturated carbocycles. The van der Waals surface area contributed by atoms with Crippen molar-refractivity contribution in [2.45, 2.75) is 129 Å². The number of hydrogen-bond acceptors (Lipinski definition) is 3. The summed E-state index contributed by atoms with van der Waals surface area (Å²) in [5.74, 6) is 8.86. The molecule has 0 saturated heterocycles. The van der Waals surface area contributed by atoms with Crippen molar-refractivity contribution in [3.05, 3.63) is 0 Å². The first-order chi connectivity index (χ1) is 15.1. The van der Waals surface area contributed by atoms with Crippen molar-refractivity contribution in [2.24, 2.45) is 40.4 Å². The van der Waals surface area contributed by atoms with E-state index in [0.717, 1.165) is 51.4 Å². The Morgan fingerprint density at radius 3 is 2.34 bits per heavy atom. The SMILES string of the molecule is CCCCCCC#C[C@](C)(O)[C@H]1CC[C@H]2[C@@H]3C[C@H](O)[C@H]4C[C@@H](O)CC[C@]4(C)[C@H]3CC[C@@]21C. The third-order valence-electron chi connectivity index (χ3n) is 10.8. The molecule has 3 heteroatoms. The molecule has 0 unspecified atom stereocenters.